The third-order valence-electron chi connectivity index (χ3n) is 3.14. The molecule has 2 aromatic rings. The molecule has 0 unspecified atom stereocenters. The third kappa shape index (κ3) is 2.29. The number of nitrogens with two attached hydrogens (primary N) is 1. The molecule has 0 radical (unpaired) electrons. The van der Waals surface area contributed by atoms with E-state index in [2.05, 4.69) is 18.9 Å². The summed E-state index contributed by atoms with van der Waals surface area (Å²) in [5, 5.41) is 5.19. The van der Waals surface area contributed by atoms with E-state index in [-0.39, 0.29) is 0 Å². The number of aryl methyl sites for hydroxylation is 1. The lowest BCUT2D eigenvalue weighted by molar-refractivity contribution is 0.658. The van der Waals surface area contributed by atoms with Crippen molar-refractivity contribution in [3.8, 4) is 0 Å². The average Bonchev–Trinajstić information content (AvgIpc) is 2.50. The number of benzene rings is 1. The van der Waals surface area contributed by atoms with Gasteiger partial charge in [0.25, 0.3) is 0 Å². The molecule has 90 valence electrons. The van der Waals surface area contributed by atoms with Crippen LogP contribution < -0.4 is 5.73 Å². The standard InChI is InChI=1S/C13H16ClN3/c1-8-9(2)16-17(10(8)3)7-11-4-5-12(15)6-13(11)14/h4-6H,7,15H2,1-3H3. The molecule has 1 heterocycles. The SMILES string of the molecule is Cc1nn(Cc2ccc(N)cc2Cl)c(C)c1C. The van der Waals surface area contributed by atoms with Crippen LogP contribution in [0.3, 0.4) is 0 Å². The van der Waals surface area contributed by atoms with Gasteiger partial charge in [-0.25, -0.2) is 0 Å². The molecule has 0 aliphatic carbocycles. The number of nitrogens with zero attached hydrogens (tertiary/aromatic N) is 2. The van der Waals surface area contributed by atoms with Gasteiger partial charge in [-0.05, 0) is 44.0 Å². The van der Waals surface area contributed by atoms with Crippen LogP contribution in [0.1, 0.15) is 22.5 Å². The Bertz CT molecular complexity index is 558. The van der Waals surface area contributed by atoms with Crippen LogP contribution in [0.5, 0.6) is 0 Å². The van der Waals surface area contributed by atoms with Crippen molar-refractivity contribution in [2.75, 3.05) is 5.73 Å². The minimum Gasteiger partial charge on any atom is -0.399 e. The van der Waals surface area contributed by atoms with E-state index in [0.717, 1.165) is 11.3 Å². The van der Waals surface area contributed by atoms with Gasteiger partial charge >= 0.3 is 0 Å². The van der Waals surface area contributed by atoms with E-state index < -0.39 is 0 Å². The van der Waals surface area contributed by atoms with E-state index in [1.54, 1.807) is 6.07 Å². The van der Waals surface area contributed by atoms with Crippen molar-refractivity contribution in [1.82, 2.24) is 9.78 Å². The summed E-state index contributed by atoms with van der Waals surface area (Å²) >= 11 is 6.16. The summed E-state index contributed by atoms with van der Waals surface area (Å²) in [5.41, 5.74) is 10.9. The van der Waals surface area contributed by atoms with Gasteiger partial charge < -0.3 is 5.73 Å². The fourth-order valence-electron chi connectivity index (χ4n) is 1.79. The molecule has 0 spiro atoms. The minimum absolute atomic E-state index is 0.680. The lowest BCUT2D eigenvalue weighted by Gasteiger charge is -2.07. The lowest BCUT2D eigenvalue weighted by atomic mass is 10.2. The van der Waals surface area contributed by atoms with Crippen LogP contribution in [-0.4, -0.2) is 9.78 Å². The Hall–Kier alpha value is -1.48. The van der Waals surface area contributed by atoms with Crippen molar-refractivity contribution in [3.63, 3.8) is 0 Å². The van der Waals surface area contributed by atoms with Crippen LogP contribution in [-0.2, 0) is 6.54 Å². The summed E-state index contributed by atoms with van der Waals surface area (Å²) in [4.78, 5) is 0. The summed E-state index contributed by atoms with van der Waals surface area (Å²) in [6.07, 6.45) is 0. The average molecular weight is 250 g/mol. The number of rotatable bonds is 2. The third-order valence-corrected chi connectivity index (χ3v) is 3.49. The van der Waals surface area contributed by atoms with Gasteiger partial charge in [-0.2, -0.15) is 5.10 Å². The molecule has 0 saturated carbocycles. The maximum Gasteiger partial charge on any atom is 0.0677 e. The normalized spacial score (nSPS) is 10.8. The Morgan fingerprint density at radius 2 is 2.00 bits per heavy atom. The zero-order valence-corrected chi connectivity index (χ0v) is 11.0. The molecule has 2 N–H and O–H groups in total. The molecule has 0 atom stereocenters. The summed E-state index contributed by atoms with van der Waals surface area (Å²) in [6, 6.07) is 5.58. The van der Waals surface area contributed by atoms with Crippen LogP contribution in [0, 0.1) is 20.8 Å². The Balaban J connectivity index is 2.34. The van der Waals surface area contributed by atoms with Gasteiger partial charge in [-0.1, -0.05) is 17.7 Å². The van der Waals surface area contributed by atoms with Gasteiger partial charge in [0.1, 0.15) is 0 Å². The molecule has 17 heavy (non-hydrogen) atoms. The van der Waals surface area contributed by atoms with E-state index in [0.29, 0.717) is 17.3 Å². The maximum absolute atomic E-state index is 6.16. The molecule has 1 aromatic carbocycles. The number of aromatic nitrogens is 2. The largest absolute Gasteiger partial charge is 0.399 e. The second kappa shape index (κ2) is 4.41. The van der Waals surface area contributed by atoms with Crippen LogP contribution in [0.2, 0.25) is 5.02 Å². The summed E-state index contributed by atoms with van der Waals surface area (Å²) in [6.45, 7) is 6.85. The van der Waals surface area contributed by atoms with Crippen molar-refractivity contribution >= 4 is 17.3 Å². The summed E-state index contributed by atoms with van der Waals surface area (Å²) in [5.74, 6) is 0. The molecular weight excluding hydrogens is 234 g/mol. The first kappa shape index (κ1) is 12.0. The first-order chi connectivity index (χ1) is 7.99. The molecule has 3 nitrogen and oxygen atoms in total. The molecule has 4 heteroatoms. The van der Waals surface area contributed by atoms with Crippen molar-refractivity contribution in [2.24, 2.45) is 0 Å². The topological polar surface area (TPSA) is 43.8 Å². The van der Waals surface area contributed by atoms with E-state index in [1.807, 2.05) is 23.7 Å². The highest BCUT2D eigenvalue weighted by Crippen LogP contribution is 2.21. The fourth-order valence-corrected chi connectivity index (χ4v) is 2.04. The van der Waals surface area contributed by atoms with Gasteiger partial charge in [0.15, 0.2) is 0 Å². The monoisotopic (exact) mass is 249 g/mol. The van der Waals surface area contributed by atoms with E-state index in [9.17, 15) is 0 Å². The zero-order valence-electron chi connectivity index (χ0n) is 10.3. The Kier molecular flexibility index (Phi) is 3.11. The van der Waals surface area contributed by atoms with Crippen LogP contribution in [0.4, 0.5) is 5.69 Å². The number of halogens is 1. The molecule has 2 rings (SSSR count). The smallest absolute Gasteiger partial charge is 0.0677 e. The highest BCUT2D eigenvalue weighted by molar-refractivity contribution is 6.31. The van der Waals surface area contributed by atoms with Crippen molar-refractivity contribution in [1.29, 1.82) is 0 Å². The Morgan fingerprint density at radius 1 is 1.29 bits per heavy atom. The van der Waals surface area contributed by atoms with E-state index in [4.69, 9.17) is 17.3 Å². The lowest BCUT2D eigenvalue weighted by Crippen LogP contribution is -2.05. The molecule has 0 fully saturated rings. The zero-order chi connectivity index (χ0) is 12.6. The van der Waals surface area contributed by atoms with Crippen molar-refractivity contribution in [3.05, 3.63) is 45.7 Å². The minimum atomic E-state index is 0.680. The molecule has 0 saturated heterocycles. The number of hydrogen-bond donors (Lipinski definition) is 1. The Labute approximate surface area is 106 Å². The number of nitrogen functional groups attached to an aromatic ring is 1. The van der Waals surface area contributed by atoms with Gasteiger partial charge in [0.05, 0.1) is 12.2 Å². The molecule has 0 aliphatic heterocycles. The molecule has 1 aromatic heterocycles. The second-order valence-corrected chi connectivity index (χ2v) is 4.71. The Morgan fingerprint density at radius 3 is 2.53 bits per heavy atom. The molecule has 0 aliphatic rings. The highest BCUT2D eigenvalue weighted by atomic mass is 35.5. The second-order valence-electron chi connectivity index (χ2n) is 4.30. The number of hydrogen-bond acceptors (Lipinski definition) is 2. The first-order valence-corrected chi connectivity index (χ1v) is 5.91. The van der Waals surface area contributed by atoms with Crippen LogP contribution >= 0.6 is 11.6 Å². The van der Waals surface area contributed by atoms with Crippen molar-refractivity contribution in [2.45, 2.75) is 27.3 Å². The highest BCUT2D eigenvalue weighted by Gasteiger charge is 2.09. The van der Waals surface area contributed by atoms with Gasteiger partial charge in [-0.3, -0.25) is 4.68 Å². The predicted molar refractivity (Wildman–Crippen MR) is 71.4 cm³/mol. The molecule has 0 amide bonds. The van der Waals surface area contributed by atoms with E-state index >= 15 is 0 Å². The van der Waals surface area contributed by atoms with Gasteiger partial charge in [0.2, 0.25) is 0 Å². The predicted octanol–water partition coefficient (Wildman–Crippen LogP) is 3.09. The number of anilines is 1. The van der Waals surface area contributed by atoms with Crippen LogP contribution in [0.15, 0.2) is 18.2 Å². The van der Waals surface area contributed by atoms with Gasteiger partial charge in [-0.15, -0.1) is 0 Å². The summed E-state index contributed by atoms with van der Waals surface area (Å²) < 4.78 is 1.97. The quantitative estimate of drug-likeness (QED) is 0.832. The fraction of sp³-hybridized carbons (Fsp3) is 0.308. The molecular formula is C13H16ClN3. The van der Waals surface area contributed by atoms with Crippen molar-refractivity contribution < 1.29 is 0 Å². The maximum atomic E-state index is 6.16. The van der Waals surface area contributed by atoms with E-state index in [1.165, 1.54) is 11.3 Å². The summed E-state index contributed by atoms with van der Waals surface area (Å²) in [7, 11) is 0. The molecule has 0 bridgehead atoms. The van der Waals surface area contributed by atoms with Crippen LogP contribution in [0.25, 0.3) is 0 Å². The first-order valence-electron chi connectivity index (χ1n) is 5.53. The van der Waals surface area contributed by atoms with Gasteiger partial charge in [0, 0.05) is 16.4 Å².